The number of rotatable bonds is 5. The van der Waals surface area contributed by atoms with Gasteiger partial charge in [-0.25, -0.2) is 4.98 Å². The van der Waals surface area contributed by atoms with Crippen molar-refractivity contribution < 1.29 is 24.8 Å². The number of aromatic nitrogens is 4. The molecular weight excluding hydrogens is 322 g/mol. The summed E-state index contributed by atoms with van der Waals surface area (Å²) in [6.45, 7) is 1.50. The highest BCUT2D eigenvalue weighted by atomic mass is 16.7. The molecule has 1 aliphatic rings. The van der Waals surface area contributed by atoms with Crippen LogP contribution in [0.3, 0.4) is 0 Å². The molecule has 2 aromatic rings. The second kappa shape index (κ2) is 6.11. The average Bonchev–Trinajstić information content (AvgIpc) is 3.08. The Kier molecular flexibility index (Phi) is 4.27. The van der Waals surface area contributed by atoms with Crippen LogP contribution in [0.2, 0.25) is 0 Å². The average molecular weight is 341 g/mol. The Morgan fingerprint density at radius 1 is 1.54 bits per heavy atom. The fourth-order valence-electron chi connectivity index (χ4n) is 2.71. The van der Waals surface area contributed by atoms with Gasteiger partial charge in [0.1, 0.15) is 18.5 Å². The molecule has 1 aliphatic heterocycles. The maximum atomic E-state index is 11.9. The van der Waals surface area contributed by atoms with Crippen molar-refractivity contribution in [1.82, 2.24) is 19.5 Å². The Hall–Kier alpha value is -2.05. The molecule has 24 heavy (non-hydrogen) atoms. The van der Waals surface area contributed by atoms with Gasteiger partial charge in [0.25, 0.3) is 11.5 Å². The number of aliphatic hydroxyl groups is 3. The molecule has 3 heterocycles. The summed E-state index contributed by atoms with van der Waals surface area (Å²) in [6, 6.07) is 0. The van der Waals surface area contributed by atoms with Gasteiger partial charge in [0.15, 0.2) is 17.3 Å². The van der Waals surface area contributed by atoms with Gasteiger partial charge < -0.3 is 30.5 Å². The van der Waals surface area contributed by atoms with E-state index < -0.39 is 36.4 Å². The molecule has 4 atom stereocenters. The lowest BCUT2D eigenvalue weighted by Gasteiger charge is -2.33. The Balaban J connectivity index is 2.19. The summed E-state index contributed by atoms with van der Waals surface area (Å²) < 4.78 is 12.5. The molecule has 0 unspecified atom stereocenters. The molecule has 0 aliphatic carbocycles. The van der Waals surface area contributed by atoms with Crippen LogP contribution in [0.25, 0.3) is 11.2 Å². The number of nitrogens with one attached hydrogen (secondary N) is 1. The van der Waals surface area contributed by atoms with Crippen molar-refractivity contribution in [2.45, 2.75) is 37.6 Å². The van der Waals surface area contributed by atoms with Crippen molar-refractivity contribution in [3.05, 3.63) is 16.7 Å². The highest BCUT2D eigenvalue weighted by Gasteiger charge is 2.57. The maximum Gasteiger partial charge on any atom is 0.288 e. The molecule has 132 valence electrons. The molecule has 11 heteroatoms. The molecule has 2 aromatic heterocycles. The van der Waals surface area contributed by atoms with E-state index in [1.165, 1.54) is 10.9 Å². The van der Waals surface area contributed by atoms with Crippen LogP contribution < -0.4 is 11.3 Å². The summed E-state index contributed by atoms with van der Waals surface area (Å²) >= 11 is 0. The number of anilines is 1. The first-order valence-electron chi connectivity index (χ1n) is 7.46. The van der Waals surface area contributed by atoms with Gasteiger partial charge in [-0.05, 0) is 6.42 Å². The molecule has 0 saturated carbocycles. The quantitative estimate of drug-likeness (QED) is 0.407. The van der Waals surface area contributed by atoms with Crippen molar-refractivity contribution in [2.75, 3.05) is 18.9 Å². The van der Waals surface area contributed by atoms with E-state index in [9.17, 15) is 20.1 Å². The van der Waals surface area contributed by atoms with Crippen LogP contribution in [0, 0.1) is 0 Å². The first kappa shape index (κ1) is 16.8. The molecule has 3 rings (SSSR count). The number of nitrogens with zero attached hydrogens (tertiary/aromatic N) is 3. The number of hydrogen-bond donors (Lipinski definition) is 5. The summed E-state index contributed by atoms with van der Waals surface area (Å²) in [4.78, 5) is 22.2. The third-order valence-corrected chi connectivity index (χ3v) is 3.85. The van der Waals surface area contributed by atoms with Gasteiger partial charge >= 0.3 is 0 Å². The van der Waals surface area contributed by atoms with E-state index in [2.05, 4.69) is 15.0 Å². The third kappa shape index (κ3) is 2.37. The van der Waals surface area contributed by atoms with Crippen molar-refractivity contribution in [3.63, 3.8) is 0 Å². The van der Waals surface area contributed by atoms with Gasteiger partial charge in [-0.3, -0.25) is 14.3 Å². The van der Waals surface area contributed by atoms with E-state index in [-0.39, 0.29) is 23.7 Å². The number of hydrogen-bond acceptors (Lipinski definition) is 9. The van der Waals surface area contributed by atoms with Crippen molar-refractivity contribution >= 4 is 17.1 Å². The smallest absolute Gasteiger partial charge is 0.288 e. The van der Waals surface area contributed by atoms with E-state index in [4.69, 9.17) is 15.2 Å². The monoisotopic (exact) mass is 341 g/mol. The first-order valence-corrected chi connectivity index (χ1v) is 7.46. The first-order chi connectivity index (χ1) is 11.4. The Bertz CT molecular complexity index is 791. The normalized spacial score (nSPS) is 30.2. The molecule has 1 fully saturated rings. The second-order valence-corrected chi connectivity index (χ2v) is 5.49. The third-order valence-electron chi connectivity index (χ3n) is 3.85. The second-order valence-electron chi connectivity index (χ2n) is 5.49. The van der Waals surface area contributed by atoms with Gasteiger partial charge in [-0.15, -0.1) is 0 Å². The van der Waals surface area contributed by atoms with Gasteiger partial charge in [-0.2, -0.15) is 4.98 Å². The van der Waals surface area contributed by atoms with E-state index in [1.54, 1.807) is 0 Å². The Labute approximate surface area is 135 Å². The van der Waals surface area contributed by atoms with Crippen molar-refractivity contribution in [2.24, 2.45) is 0 Å². The lowest BCUT2D eigenvalue weighted by molar-refractivity contribution is -0.314. The molecule has 0 radical (unpaired) electrons. The number of fused-ring (bicyclic) bond motifs is 1. The summed E-state index contributed by atoms with van der Waals surface area (Å²) in [5, 5.41) is 30.0. The van der Waals surface area contributed by atoms with E-state index in [0.717, 1.165) is 0 Å². The van der Waals surface area contributed by atoms with Crippen LogP contribution >= 0.6 is 0 Å². The molecule has 0 aromatic carbocycles. The lowest BCUT2D eigenvalue weighted by atomic mass is 10.1. The number of ether oxygens (including phenoxy) is 2. The zero-order valence-corrected chi connectivity index (χ0v) is 12.9. The fraction of sp³-hybridized carbons (Fsp3) is 0.615. The van der Waals surface area contributed by atoms with Gasteiger partial charge in [0, 0.05) is 0 Å². The predicted octanol–water partition coefficient (Wildman–Crippen LogP) is -2.15. The van der Waals surface area contributed by atoms with Gasteiger partial charge in [0.2, 0.25) is 5.95 Å². The molecule has 6 N–H and O–H groups in total. The van der Waals surface area contributed by atoms with Crippen molar-refractivity contribution in [3.8, 4) is 0 Å². The number of nitrogen functional groups attached to an aromatic ring is 1. The minimum absolute atomic E-state index is 0.0252. The summed E-state index contributed by atoms with van der Waals surface area (Å²) in [5.41, 5.74) is 5.01. The number of imidazole rings is 1. The Morgan fingerprint density at radius 3 is 2.92 bits per heavy atom. The number of H-pyrrole nitrogens is 1. The summed E-state index contributed by atoms with van der Waals surface area (Å²) in [6.07, 6.45) is -2.21. The number of aromatic amines is 1. The number of nitrogens with two attached hydrogens (primary N) is 1. The van der Waals surface area contributed by atoms with E-state index in [1.807, 2.05) is 6.92 Å². The zero-order chi connectivity index (χ0) is 17.5. The van der Waals surface area contributed by atoms with E-state index >= 15 is 0 Å². The highest BCUT2D eigenvalue weighted by Crippen LogP contribution is 2.38. The molecule has 0 spiro atoms. The van der Waals surface area contributed by atoms with Gasteiger partial charge in [-0.1, -0.05) is 6.92 Å². The van der Waals surface area contributed by atoms with Crippen LogP contribution in [0.15, 0.2) is 11.1 Å². The molecule has 0 amide bonds. The molecule has 1 saturated heterocycles. The summed E-state index contributed by atoms with van der Waals surface area (Å²) in [5.74, 6) is -2.03. The van der Waals surface area contributed by atoms with Crippen LogP contribution in [-0.2, 0) is 15.4 Å². The van der Waals surface area contributed by atoms with Crippen LogP contribution in [0.4, 0.5) is 5.95 Å². The topological polar surface area (TPSA) is 169 Å². The molecular formula is C13H19N5O6. The predicted molar refractivity (Wildman–Crippen MR) is 80.8 cm³/mol. The SMILES string of the molecule is CCCO[C@@]1(n2cnc3c(=O)[nH]c(N)nc32)O[C@H](CO)[C@@H](O)[C@H]1O. The molecule has 11 nitrogen and oxygen atoms in total. The van der Waals surface area contributed by atoms with E-state index in [0.29, 0.717) is 6.42 Å². The Morgan fingerprint density at radius 2 is 2.29 bits per heavy atom. The summed E-state index contributed by atoms with van der Waals surface area (Å²) in [7, 11) is 0. The van der Waals surface area contributed by atoms with Crippen molar-refractivity contribution in [1.29, 1.82) is 0 Å². The minimum atomic E-state index is -1.88. The lowest BCUT2D eigenvalue weighted by Crippen LogP contribution is -2.48. The largest absolute Gasteiger partial charge is 0.394 e. The van der Waals surface area contributed by atoms with Gasteiger partial charge in [0.05, 0.1) is 13.2 Å². The number of aliphatic hydroxyl groups excluding tert-OH is 3. The molecule has 0 bridgehead atoms. The van der Waals surface area contributed by atoms with Crippen LogP contribution in [-0.4, -0.2) is 66.4 Å². The highest BCUT2D eigenvalue weighted by molar-refractivity contribution is 5.70. The maximum absolute atomic E-state index is 11.9. The zero-order valence-electron chi connectivity index (χ0n) is 12.9. The van der Waals surface area contributed by atoms with Crippen LogP contribution in [0.1, 0.15) is 13.3 Å². The minimum Gasteiger partial charge on any atom is -0.394 e. The standard InChI is InChI=1S/C13H19N5O6/c1-2-3-23-13(9(21)8(20)6(4-19)24-13)18-5-15-7-10(18)16-12(14)17-11(7)22/h5-6,8-9,19-21H,2-4H2,1H3,(H3,14,16,17,22)/t6-,8-,9-,13-/m1/s1. The fourth-order valence-corrected chi connectivity index (χ4v) is 2.71. The van der Waals surface area contributed by atoms with Crippen LogP contribution in [0.5, 0.6) is 0 Å².